The van der Waals surface area contributed by atoms with Gasteiger partial charge >= 0.3 is 26.2 Å². The van der Waals surface area contributed by atoms with Crippen molar-refractivity contribution in [3.8, 4) is 22.3 Å². The molecule has 0 amide bonds. The average Bonchev–Trinajstić information content (AvgIpc) is 3.68. The monoisotopic (exact) mass is 1050 g/mol. The van der Waals surface area contributed by atoms with E-state index in [0.29, 0.717) is 19.3 Å². The summed E-state index contributed by atoms with van der Waals surface area (Å²) in [6, 6.07) is 54.6. The fraction of sp³-hybridized carbons (Fsp3) is 0.424. The number of esters is 2. The third-order valence-electron chi connectivity index (χ3n) is 17.2. The van der Waals surface area contributed by atoms with E-state index in [1.807, 2.05) is 47.6 Å². The van der Waals surface area contributed by atoms with E-state index in [1.165, 1.54) is 50.1 Å². The lowest BCUT2D eigenvalue weighted by molar-refractivity contribution is -0.178. The van der Waals surface area contributed by atoms with Crippen LogP contribution >= 0.6 is 0 Å². The number of hydrogen-bond acceptors (Lipinski definition) is 10. The average molecular weight is 1050 g/mol. The molecule has 0 unspecified atom stereocenters. The molecule has 6 aromatic rings. The Kier molecular flexibility index (Phi) is 15.2. The third-order valence-corrected chi connectivity index (χ3v) is 17.2. The number of likely N-dealkylation sites (tertiary alicyclic amines) is 2. The first-order valence-corrected chi connectivity index (χ1v) is 28.3. The molecule has 3 saturated heterocycles. The Bertz CT molecular complexity index is 3010. The van der Waals surface area contributed by atoms with Gasteiger partial charge in [0.25, 0.3) is 0 Å². The van der Waals surface area contributed by atoms with Crippen LogP contribution < -0.4 is 0 Å². The lowest BCUT2D eigenvalue weighted by Crippen LogP contribution is -2.68. The van der Waals surface area contributed by atoms with Crippen LogP contribution in [0.5, 0.6) is 0 Å². The van der Waals surface area contributed by atoms with Crippen LogP contribution in [0.1, 0.15) is 128 Å². The van der Waals surface area contributed by atoms with Gasteiger partial charge in [-0.1, -0.05) is 171 Å². The molecule has 406 valence electrons. The first kappa shape index (κ1) is 55.5. The number of ether oxygens (including phenoxy) is 2. The summed E-state index contributed by atoms with van der Waals surface area (Å²) in [5, 5.41) is 18.7. The second-order valence-electron chi connectivity index (χ2n) is 25.1. The maximum absolute atomic E-state index is 14.1. The Labute approximate surface area is 463 Å². The molecule has 78 heavy (non-hydrogen) atoms. The first-order chi connectivity index (χ1) is 37.1. The predicted octanol–water partition coefficient (Wildman–Crippen LogP) is 12.3. The molecule has 3 fully saturated rings. The van der Waals surface area contributed by atoms with Crippen molar-refractivity contribution in [3.63, 3.8) is 0 Å². The predicted molar refractivity (Wildman–Crippen MR) is 310 cm³/mol. The number of rotatable bonds is 14. The zero-order valence-electron chi connectivity index (χ0n) is 47.4. The maximum atomic E-state index is 14.1. The van der Waals surface area contributed by atoms with Crippen molar-refractivity contribution in [1.82, 2.24) is 9.80 Å². The van der Waals surface area contributed by atoms with E-state index in [1.54, 1.807) is 0 Å². The Morgan fingerprint density at radius 2 is 0.846 bits per heavy atom. The lowest BCUT2D eigenvalue weighted by atomic mass is 9.71. The van der Waals surface area contributed by atoms with Gasteiger partial charge in [0.05, 0.1) is 22.3 Å². The van der Waals surface area contributed by atoms with Gasteiger partial charge in [-0.15, -0.1) is 0 Å². The molecule has 12 heteroatoms. The summed E-state index contributed by atoms with van der Waals surface area (Å²) in [5.41, 5.74) is 8.87. The van der Waals surface area contributed by atoms with E-state index < -0.39 is 35.4 Å². The van der Waals surface area contributed by atoms with Crippen LogP contribution in [-0.2, 0) is 39.4 Å². The fourth-order valence-corrected chi connectivity index (χ4v) is 13.3. The Balaban J connectivity index is 0.000000179. The molecule has 2 aliphatic carbocycles. The van der Waals surface area contributed by atoms with Crippen molar-refractivity contribution in [1.29, 1.82) is 0 Å². The number of fused-ring (bicyclic) bond motifs is 6. The molecule has 11 rings (SSSR count). The minimum atomic E-state index is -1.33. The number of hydrogen-bond donors (Lipinski definition) is 2. The molecule has 0 spiro atoms. The second-order valence-corrected chi connectivity index (χ2v) is 25.1. The summed E-state index contributed by atoms with van der Waals surface area (Å²) in [4.78, 5) is 32.6. The number of carbonyl (C=O) groups is 2. The number of carbonyl (C=O) groups excluding carboxylic acids is 2. The molecule has 0 aromatic heterocycles. The van der Waals surface area contributed by atoms with Gasteiger partial charge in [0.2, 0.25) is 0 Å². The third kappa shape index (κ3) is 10.00. The van der Waals surface area contributed by atoms with E-state index >= 15 is 0 Å². The largest absolute Gasteiger partial charge is 0.459 e. The summed E-state index contributed by atoms with van der Waals surface area (Å²) in [7, 11) is -1.55. The zero-order chi connectivity index (χ0) is 55.4. The van der Waals surface area contributed by atoms with Gasteiger partial charge in [-0.3, -0.25) is 19.4 Å². The topological polar surface area (TPSA) is 118 Å². The van der Waals surface area contributed by atoms with Gasteiger partial charge in [0.15, 0.2) is 0 Å². The minimum Gasteiger partial charge on any atom is -0.459 e. The molecule has 10 nitrogen and oxygen atoms in total. The number of benzene rings is 6. The van der Waals surface area contributed by atoms with Crippen LogP contribution in [0.25, 0.3) is 22.3 Å². The highest BCUT2D eigenvalue weighted by Crippen LogP contribution is 2.60. The molecule has 6 aromatic carbocycles. The van der Waals surface area contributed by atoms with E-state index in [9.17, 15) is 19.6 Å². The van der Waals surface area contributed by atoms with E-state index in [-0.39, 0.29) is 48.1 Å². The summed E-state index contributed by atoms with van der Waals surface area (Å²) in [6.07, 6.45) is 4.29. The molecule has 0 saturated carbocycles. The molecule has 2 N–H and O–H groups in total. The Morgan fingerprint density at radius 1 is 0.526 bits per heavy atom. The molecule has 5 aliphatic rings. The summed E-state index contributed by atoms with van der Waals surface area (Å²) < 4.78 is 24.6. The highest BCUT2D eigenvalue weighted by molar-refractivity contribution is 6.45. The molecular weight excluding hydrogens is 970 g/mol. The fourth-order valence-electron chi connectivity index (χ4n) is 13.3. The Hall–Kier alpha value is -5.85. The van der Waals surface area contributed by atoms with E-state index in [2.05, 4.69) is 189 Å². The highest BCUT2D eigenvalue weighted by atomic mass is 16.7. The van der Waals surface area contributed by atoms with E-state index in [4.69, 9.17) is 18.8 Å². The van der Waals surface area contributed by atoms with Crippen LogP contribution in [0.2, 0.25) is 12.6 Å². The van der Waals surface area contributed by atoms with Crippen molar-refractivity contribution in [3.05, 3.63) is 191 Å². The van der Waals surface area contributed by atoms with Gasteiger partial charge < -0.3 is 28.8 Å². The van der Waals surface area contributed by atoms with Crippen LogP contribution in [0, 0.1) is 11.8 Å². The minimum absolute atomic E-state index is 0.0686. The van der Waals surface area contributed by atoms with Crippen LogP contribution in [0.3, 0.4) is 0 Å². The lowest BCUT2D eigenvalue weighted by Gasteiger charge is -2.56. The van der Waals surface area contributed by atoms with Crippen LogP contribution in [-0.4, -0.2) is 93.6 Å². The van der Waals surface area contributed by atoms with Crippen molar-refractivity contribution in [2.24, 2.45) is 11.8 Å². The molecule has 3 heterocycles. The van der Waals surface area contributed by atoms with Gasteiger partial charge in [-0.25, -0.2) is 0 Å². The van der Waals surface area contributed by atoms with Crippen molar-refractivity contribution in [2.75, 3.05) is 13.1 Å². The quantitative estimate of drug-likeness (QED) is 0.0806. The molecule has 4 atom stereocenters. The molecule has 0 radical (unpaired) electrons. The summed E-state index contributed by atoms with van der Waals surface area (Å²) >= 11 is 0. The molecular formula is C66H78B2N2O8. The highest BCUT2D eigenvalue weighted by Gasteiger charge is 2.61. The summed E-state index contributed by atoms with van der Waals surface area (Å²) in [6.45, 7) is 21.4. The van der Waals surface area contributed by atoms with Crippen molar-refractivity contribution >= 4 is 26.2 Å². The van der Waals surface area contributed by atoms with Crippen LogP contribution in [0.15, 0.2) is 158 Å². The number of nitrogens with zero attached hydrogens (tertiary/aromatic N) is 2. The van der Waals surface area contributed by atoms with Crippen molar-refractivity contribution < 1.29 is 38.4 Å². The first-order valence-electron chi connectivity index (χ1n) is 28.3. The zero-order valence-corrected chi connectivity index (χ0v) is 47.4. The molecule has 0 bridgehead atoms. The van der Waals surface area contributed by atoms with Crippen molar-refractivity contribution in [2.45, 2.75) is 153 Å². The van der Waals surface area contributed by atoms with Gasteiger partial charge in [0, 0.05) is 13.1 Å². The Morgan fingerprint density at radius 3 is 1.18 bits per heavy atom. The van der Waals surface area contributed by atoms with E-state index in [0.717, 1.165) is 37.7 Å². The standard InChI is InChI=1S/C36H44BNO4.C30H34BNO4/c1-33(2,3)40-32(39)31-25(16-15-23-37-41-34(4,5)35(6,7)42-37)24-38(31)36(26-17-9-8-10-18-26)29-21-13-11-19-27(29)28-20-12-14-22-30(28)36;1-29(2,3)36-28(33)27-21(12-11-19-31(34)35)20-32(27)30(22-13-5-4-6-14-22)25-17-9-7-15-23(25)24-16-8-10-18-26(24)30/h8-14,17-22,25,31H,15-16,23-24H2,1-7H3;4-10,13-18,21,27,34-35H,11-12,19-20H2,1-3H3/t25-,31+;21-,27+/m11/s1. The normalized spacial score (nSPS) is 22.1. The van der Waals surface area contributed by atoms with Gasteiger partial charge in [0.1, 0.15) is 23.3 Å². The molecule has 3 aliphatic heterocycles. The summed E-state index contributed by atoms with van der Waals surface area (Å²) in [5.74, 6) is -0.131. The maximum Gasteiger partial charge on any atom is 0.457 e. The smallest absolute Gasteiger partial charge is 0.457 e. The SMILES string of the molecule is CC(C)(C)OC(=O)[C@@H]1[C@H](CCCB(O)O)CN1C1(c2ccccc2)c2ccccc2-c2ccccc21.CC(C)(C)OC(=O)[C@@H]1[C@H](CCCB2OC(C)(C)C(C)(C)O2)CN1C1(c2ccccc2)c2ccccc2-c2ccccc21. The van der Waals surface area contributed by atoms with Crippen LogP contribution in [0.4, 0.5) is 0 Å². The second kappa shape index (κ2) is 21.3. The van der Waals surface area contributed by atoms with Gasteiger partial charge in [-0.05, 0) is 162 Å². The van der Waals surface area contributed by atoms with Gasteiger partial charge in [-0.2, -0.15) is 0 Å².